The van der Waals surface area contributed by atoms with Crippen molar-refractivity contribution in [3.63, 3.8) is 0 Å². The number of hydrogen-bond donors (Lipinski definition) is 1. The highest BCUT2D eigenvalue weighted by Gasteiger charge is 2.40. The van der Waals surface area contributed by atoms with Crippen LogP contribution in [0.3, 0.4) is 0 Å². The first kappa shape index (κ1) is 17.7. The van der Waals surface area contributed by atoms with Crippen LogP contribution in [0, 0.1) is 0 Å². The minimum Gasteiger partial charge on any atom is -0.481 e. The summed E-state index contributed by atoms with van der Waals surface area (Å²) in [6.07, 6.45) is 2.24. The molecule has 0 aliphatic rings. The van der Waals surface area contributed by atoms with Crippen LogP contribution in [0.2, 0.25) is 0 Å². The molecule has 3 aromatic rings. The molecule has 0 saturated carbocycles. The highest BCUT2D eigenvalue weighted by molar-refractivity contribution is 6.01. The number of benzene rings is 2. The maximum Gasteiger partial charge on any atom is 0.239 e. The Kier molecular flexibility index (Phi) is 5.32. The standard InChI is InChI=1S/C22H22N2O2/c1-3-22(17-10-6-4-7-11-17,18-12-8-5-9-13-18)21(25)24-19-14-15-20(26-2)23-16-19/h4-16H,3H2,1-2H3,(H,24,25). The zero-order chi connectivity index (χ0) is 18.4. The first-order valence-corrected chi connectivity index (χ1v) is 8.63. The molecular weight excluding hydrogens is 324 g/mol. The molecule has 0 unspecified atom stereocenters. The molecule has 0 radical (unpaired) electrons. The van der Waals surface area contributed by atoms with Crippen LogP contribution in [-0.4, -0.2) is 18.0 Å². The molecule has 1 N–H and O–H groups in total. The number of hydrogen-bond acceptors (Lipinski definition) is 3. The molecule has 26 heavy (non-hydrogen) atoms. The van der Waals surface area contributed by atoms with Gasteiger partial charge in [-0.15, -0.1) is 0 Å². The molecule has 1 heterocycles. The predicted molar refractivity (Wildman–Crippen MR) is 103 cm³/mol. The van der Waals surface area contributed by atoms with Gasteiger partial charge >= 0.3 is 0 Å². The van der Waals surface area contributed by atoms with E-state index in [0.717, 1.165) is 11.1 Å². The second kappa shape index (κ2) is 7.83. The van der Waals surface area contributed by atoms with Crippen LogP contribution in [0.4, 0.5) is 5.69 Å². The van der Waals surface area contributed by atoms with Crippen LogP contribution < -0.4 is 10.1 Å². The van der Waals surface area contributed by atoms with E-state index in [1.165, 1.54) is 0 Å². The highest BCUT2D eigenvalue weighted by atomic mass is 16.5. The predicted octanol–water partition coefficient (Wildman–Crippen LogP) is 4.43. The largest absolute Gasteiger partial charge is 0.481 e. The van der Waals surface area contributed by atoms with Crippen molar-refractivity contribution in [3.05, 3.63) is 90.1 Å². The molecule has 4 heteroatoms. The van der Waals surface area contributed by atoms with Crippen molar-refractivity contribution in [2.75, 3.05) is 12.4 Å². The van der Waals surface area contributed by atoms with E-state index in [9.17, 15) is 4.79 Å². The van der Waals surface area contributed by atoms with Crippen molar-refractivity contribution in [3.8, 4) is 5.88 Å². The van der Waals surface area contributed by atoms with Gasteiger partial charge in [-0.25, -0.2) is 4.98 Å². The number of nitrogens with one attached hydrogen (secondary N) is 1. The fourth-order valence-electron chi connectivity index (χ4n) is 3.26. The normalized spacial score (nSPS) is 11.0. The van der Waals surface area contributed by atoms with Crippen LogP contribution in [0.25, 0.3) is 0 Å². The lowest BCUT2D eigenvalue weighted by molar-refractivity contribution is -0.120. The highest BCUT2D eigenvalue weighted by Crippen LogP contribution is 2.37. The lowest BCUT2D eigenvalue weighted by atomic mass is 9.71. The van der Waals surface area contributed by atoms with Gasteiger partial charge in [0.15, 0.2) is 0 Å². The Hall–Kier alpha value is -3.14. The van der Waals surface area contributed by atoms with Gasteiger partial charge in [0.05, 0.1) is 24.4 Å². The van der Waals surface area contributed by atoms with Gasteiger partial charge in [0.1, 0.15) is 0 Å². The Balaban J connectivity index is 2.03. The molecule has 4 nitrogen and oxygen atoms in total. The lowest BCUT2D eigenvalue weighted by Crippen LogP contribution is -2.41. The van der Waals surface area contributed by atoms with E-state index < -0.39 is 5.41 Å². The van der Waals surface area contributed by atoms with Gasteiger partial charge in [-0.2, -0.15) is 0 Å². The van der Waals surface area contributed by atoms with Crippen molar-refractivity contribution in [2.24, 2.45) is 0 Å². The lowest BCUT2D eigenvalue weighted by Gasteiger charge is -2.32. The van der Waals surface area contributed by atoms with Gasteiger partial charge < -0.3 is 10.1 Å². The number of methoxy groups -OCH3 is 1. The van der Waals surface area contributed by atoms with Crippen molar-refractivity contribution in [2.45, 2.75) is 18.8 Å². The Morgan fingerprint density at radius 3 is 1.96 bits per heavy atom. The molecular formula is C22H22N2O2. The van der Waals surface area contributed by atoms with Crippen molar-refractivity contribution >= 4 is 11.6 Å². The number of anilines is 1. The molecule has 0 spiro atoms. The third kappa shape index (κ3) is 3.31. The fourth-order valence-corrected chi connectivity index (χ4v) is 3.26. The first-order valence-electron chi connectivity index (χ1n) is 8.63. The summed E-state index contributed by atoms with van der Waals surface area (Å²) in [5.41, 5.74) is 1.79. The first-order chi connectivity index (χ1) is 12.7. The Labute approximate surface area is 153 Å². The van der Waals surface area contributed by atoms with Crippen molar-refractivity contribution < 1.29 is 9.53 Å². The number of rotatable bonds is 6. The molecule has 132 valence electrons. The zero-order valence-corrected chi connectivity index (χ0v) is 15.0. The number of aromatic nitrogens is 1. The minimum atomic E-state index is -0.775. The molecule has 0 saturated heterocycles. The average Bonchev–Trinajstić information content (AvgIpc) is 2.71. The van der Waals surface area contributed by atoms with Crippen LogP contribution >= 0.6 is 0 Å². The summed E-state index contributed by atoms with van der Waals surface area (Å²) in [5.74, 6) is 0.431. The van der Waals surface area contributed by atoms with Gasteiger partial charge in [-0.05, 0) is 23.6 Å². The summed E-state index contributed by atoms with van der Waals surface area (Å²) < 4.78 is 5.08. The molecule has 1 aromatic heterocycles. The minimum absolute atomic E-state index is 0.0793. The summed E-state index contributed by atoms with van der Waals surface area (Å²) in [7, 11) is 1.56. The summed E-state index contributed by atoms with van der Waals surface area (Å²) in [5, 5.41) is 3.03. The molecule has 0 fully saturated rings. The maximum atomic E-state index is 13.5. The zero-order valence-electron chi connectivity index (χ0n) is 15.0. The third-order valence-electron chi connectivity index (χ3n) is 4.65. The van der Waals surface area contributed by atoms with E-state index >= 15 is 0 Å². The quantitative estimate of drug-likeness (QED) is 0.718. The van der Waals surface area contributed by atoms with E-state index in [-0.39, 0.29) is 5.91 Å². The second-order valence-electron chi connectivity index (χ2n) is 6.03. The Morgan fingerprint density at radius 1 is 0.962 bits per heavy atom. The molecule has 3 rings (SSSR count). The molecule has 0 bridgehead atoms. The van der Waals surface area contributed by atoms with Crippen molar-refractivity contribution in [1.82, 2.24) is 4.98 Å². The topological polar surface area (TPSA) is 51.2 Å². The maximum absolute atomic E-state index is 13.5. The summed E-state index contributed by atoms with van der Waals surface area (Å²) in [4.78, 5) is 17.6. The Bertz CT molecular complexity index is 807. The van der Waals surface area contributed by atoms with E-state index in [0.29, 0.717) is 18.0 Å². The molecule has 2 aromatic carbocycles. The molecule has 1 amide bonds. The van der Waals surface area contributed by atoms with Gasteiger partial charge in [0.2, 0.25) is 11.8 Å². The third-order valence-corrected chi connectivity index (χ3v) is 4.65. The summed E-state index contributed by atoms with van der Waals surface area (Å²) in [6.45, 7) is 2.03. The van der Waals surface area contributed by atoms with Crippen LogP contribution in [0.5, 0.6) is 5.88 Å². The van der Waals surface area contributed by atoms with E-state index in [1.807, 2.05) is 67.6 Å². The van der Waals surface area contributed by atoms with E-state index in [4.69, 9.17) is 4.74 Å². The number of pyridine rings is 1. The van der Waals surface area contributed by atoms with Crippen molar-refractivity contribution in [1.29, 1.82) is 0 Å². The monoisotopic (exact) mass is 346 g/mol. The smallest absolute Gasteiger partial charge is 0.239 e. The van der Waals surface area contributed by atoms with Crippen LogP contribution in [0.1, 0.15) is 24.5 Å². The Morgan fingerprint density at radius 2 is 1.54 bits per heavy atom. The van der Waals surface area contributed by atoms with E-state index in [2.05, 4.69) is 10.3 Å². The summed E-state index contributed by atoms with van der Waals surface area (Å²) in [6, 6.07) is 23.3. The molecule has 0 atom stereocenters. The van der Waals surface area contributed by atoms with E-state index in [1.54, 1.807) is 25.4 Å². The number of nitrogens with zero attached hydrogens (tertiary/aromatic N) is 1. The molecule has 0 aliphatic heterocycles. The number of carbonyl (C=O) groups is 1. The number of amides is 1. The van der Waals surface area contributed by atoms with Crippen LogP contribution in [-0.2, 0) is 10.2 Å². The summed E-state index contributed by atoms with van der Waals surface area (Å²) >= 11 is 0. The van der Waals surface area contributed by atoms with Gasteiger partial charge in [-0.1, -0.05) is 67.6 Å². The SMILES string of the molecule is CCC(C(=O)Nc1ccc(OC)nc1)(c1ccccc1)c1ccccc1. The number of ether oxygens (including phenoxy) is 1. The number of carbonyl (C=O) groups excluding carboxylic acids is 1. The fraction of sp³-hybridized carbons (Fsp3) is 0.182. The van der Waals surface area contributed by atoms with Crippen LogP contribution in [0.15, 0.2) is 79.0 Å². The average molecular weight is 346 g/mol. The molecule has 0 aliphatic carbocycles. The second-order valence-corrected chi connectivity index (χ2v) is 6.03. The van der Waals surface area contributed by atoms with Gasteiger partial charge in [0, 0.05) is 6.07 Å². The van der Waals surface area contributed by atoms with Gasteiger partial charge in [-0.3, -0.25) is 4.79 Å². The van der Waals surface area contributed by atoms with Gasteiger partial charge in [0.25, 0.3) is 0 Å².